The van der Waals surface area contributed by atoms with Gasteiger partial charge in [0.2, 0.25) is 5.91 Å². The minimum Gasteiger partial charge on any atom is -0.326 e. The van der Waals surface area contributed by atoms with Crippen molar-refractivity contribution in [1.29, 1.82) is 0 Å². The van der Waals surface area contributed by atoms with Gasteiger partial charge in [0.05, 0.1) is 5.52 Å². The number of benzene rings is 3. The van der Waals surface area contributed by atoms with E-state index in [4.69, 9.17) is 0 Å². The van der Waals surface area contributed by atoms with Crippen LogP contribution >= 0.6 is 0 Å². The third-order valence-electron chi connectivity index (χ3n) is 7.27. The molecule has 1 aliphatic rings. The molecule has 35 heavy (non-hydrogen) atoms. The number of hydrogen-bond donors (Lipinski definition) is 1. The first-order valence-corrected chi connectivity index (χ1v) is 12.8. The molecule has 4 heteroatoms. The fraction of sp³-hybridized carbons (Fsp3) is 0.323. The largest absolute Gasteiger partial charge is 0.326 e. The predicted molar refractivity (Wildman–Crippen MR) is 145 cm³/mol. The molecule has 0 atom stereocenters. The first-order valence-electron chi connectivity index (χ1n) is 12.8. The predicted octanol–water partition coefficient (Wildman–Crippen LogP) is 6.91. The maximum Gasteiger partial charge on any atom is 0.226 e. The van der Waals surface area contributed by atoms with Gasteiger partial charge in [0.1, 0.15) is 0 Å². The van der Waals surface area contributed by atoms with E-state index >= 15 is 0 Å². The quantitative estimate of drug-likeness (QED) is 0.336. The van der Waals surface area contributed by atoms with Gasteiger partial charge in [-0.25, -0.2) is 0 Å². The first kappa shape index (κ1) is 23.4. The van der Waals surface area contributed by atoms with Crippen LogP contribution in [0.4, 0.5) is 5.69 Å². The maximum atomic E-state index is 12.1. The number of rotatable bonds is 6. The van der Waals surface area contributed by atoms with Gasteiger partial charge in [0.15, 0.2) is 0 Å². The van der Waals surface area contributed by atoms with E-state index < -0.39 is 0 Å². The Kier molecular flexibility index (Phi) is 6.74. The van der Waals surface area contributed by atoms with Crippen LogP contribution in [-0.4, -0.2) is 28.5 Å². The van der Waals surface area contributed by atoms with Crippen LogP contribution < -0.4 is 5.32 Å². The summed E-state index contributed by atoms with van der Waals surface area (Å²) in [5.41, 5.74) is 7.41. The smallest absolute Gasteiger partial charge is 0.226 e. The van der Waals surface area contributed by atoms with Crippen LogP contribution in [0.2, 0.25) is 0 Å². The van der Waals surface area contributed by atoms with Gasteiger partial charge in [0, 0.05) is 34.9 Å². The second kappa shape index (κ2) is 10.1. The number of likely N-dealkylation sites (tertiary alicyclic amines) is 1. The van der Waals surface area contributed by atoms with Crippen molar-refractivity contribution >= 4 is 22.5 Å². The number of amides is 1. The third kappa shape index (κ3) is 5.03. The molecule has 0 unspecified atom stereocenters. The van der Waals surface area contributed by atoms with E-state index in [2.05, 4.69) is 94.5 Å². The molecule has 180 valence electrons. The van der Waals surface area contributed by atoms with Gasteiger partial charge in [-0.3, -0.25) is 9.69 Å². The molecule has 0 saturated carbocycles. The Hall–Kier alpha value is -3.37. The first-order chi connectivity index (χ1) is 17.0. The summed E-state index contributed by atoms with van der Waals surface area (Å²) < 4.78 is 2.44. The van der Waals surface area contributed by atoms with Crippen molar-refractivity contribution in [3.05, 3.63) is 95.7 Å². The van der Waals surface area contributed by atoms with E-state index in [0.717, 1.165) is 38.2 Å². The summed E-state index contributed by atoms with van der Waals surface area (Å²) in [4.78, 5) is 14.7. The summed E-state index contributed by atoms with van der Waals surface area (Å²) in [5, 5.41) is 4.34. The van der Waals surface area contributed by atoms with Crippen LogP contribution in [0, 0.1) is 12.8 Å². The lowest BCUT2D eigenvalue weighted by Crippen LogP contribution is -2.33. The van der Waals surface area contributed by atoms with Crippen LogP contribution in [0.25, 0.3) is 16.6 Å². The molecule has 4 nitrogen and oxygen atoms in total. The molecule has 1 aliphatic heterocycles. The zero-order valence-corrected chi connectivity index (χ0v) is 21.0. The van der Waals surface area contributed by atoms with Gasteiger partial charge < -0.3 is 9.88 Å². The fourth-order valence-corrected chi connectivity index (χ4v) is 5.24. The Morgan fingerprint density at radius 2 is 1.69 bits per heavy atom. The summed E-state index contributed by atoms with van der Waals surface area (Å²) in [6, 6.07) is 28.1. The lowest BCUT2D eigenvalue weighted by atomic mass is 9.89. The topological polar surface area (TPSA) is 37.3 Å². The number of fused-ring (bicyclic) bond motifs is 1. The van der Waals surface area contributed by atoms with Gasteiger partial charge in [0.25, 0.3) is 0 Å². The summed E-state index contributed by atoms with van der Waals surface area (Å²) in [7, 11) is 0. The fourth-order valence-electron chi connectivity index (χ4n) is 5.24. The highest BCUT2D eigenvalue weighted by Gasteiger charge is 2.23. The van der Waals surface area contributed by atoms with E-state index in [1.54, 1.807) is 0 Å². The van der Waals surface area contributed by atoms with Crippen molar-refractivity contribution in [3.63, 3.8) is 0 Å². The molecule has 1 fully saturated rings. The number of anilines is 1. The second-order valence-corrected chi connectivity index (χ2v) is 10.1. The monoisotopic (exact) mass is 465 g/mol. The lowest BCUT2D eigenvalue weighted by Gasteiger charge is -2.32. The number of hydrogen-bond acceptors (Lipinski definition) is 2. The van der Waals surface area contributed by atoms with Crippen molar-refractivity contribution in [3.8, 4) is 5.69 Å². The summed E-state index contributed by atoms with van der Waals surface area (Å²) in [5.74, 6) is 0.586. The highest BCUT2D eigenvalue weighted by Crippen LogP contribution is 2.32. The molecule has 5 rings (SSSR count). The van der Waals surface area contributed by atoms with Crippen LogP contribution in [-0.2, 0) is 11.3 Å². The Morgan fingerprint density at radius 3 is 2.46 bits per heavy atom. The van der Waals surface area contributed by atoms with Gasteiger partial charge in [-0.2, -0.15) is 0 Å². The van der Waals surface area contributed by atoms with E-state index in [1.807, 2.05) is 19.9 Å². The van der Waals surface area contributed by atoms with E-state index in [0.29, 0.717) is 5.92 Å². The number of piperidine rings is 1. The molecular formula is C31H35N3O. The summed E-state index contributed by atoms with van der Waals surface area (Å²) in [6.45, 7) is 9.13. The number of nitrogens with one attached hydrogen (secondary N) is 1. The Bertz CT molecular complexity index is 1330. The Labute approximate surface area is 208 Å². The molecule has 2 heterocycles. The number of carbonyl (C=O) groups is 1. The Balaban J connectivity index is 1.31. The molecule has 0 radical (unpaired) electrons. The van der Waals surface area contributed by atoms with Crippen LogP contribution in [0.3, 0.4) is 0 Å². The Morgan fingerprint density at radius 1 is 0.943 bits per heavy atom. The minimum atomic E-state index is -0.0165. The highest BCUT2D eigenvalue weighted by atomic mass is 16.1. The van der Waals surface area contributed by atoms with Crippen molar-refractivity contribution in [1.82, 2.24) is 9.47 Å². The summed E-state index contributed by atoms with van der Waals surface area (Å²) >= 11 is 0. The third-order valence-corrected chi connectivity index (χ3v) is 7.27. The molecule has 0 bridgehead atoms. The highest BCUT2D eigenvalue weighted by molar-refractivity contribution is 5.92. The lowest BCUT2D eigenvalue weighted by molar-refractivity contribution is -0.118. The standard InChI is InChI=1S/C31H35N3O/c1-22(2)31(35)32-27-12-8-11-25(19-27)24-15-17-33(18-16-24)21-28-20-26-10-5-7-14-30(26)34(28)29-13-6-4-9-23(29)3/h4-14,19-20,22,24H,15-18,21H2,1-3H3,(H,32,35). The number of nitrogens with zero attached hydrogens (tertiary/aromatic N) is 2. The molecule has 0 aliphatic carbocycles. The van der Waals surface area contributed by atoms with Crippen LogP contribution in [0.15, 0.2) is 78.9 Å². The SMILES string of the molecule is Cc1ccccc1-n1c(CN2CCC(c3cccc(NC(=O)C(C)C)c3)CC2)cc2ccccc21. The van der Waals surface area contributed by atoms with E-state index in [9.17, 15) is 4.79 Å². The van der Waals surface area contributed by atoms with Gasteiger partial charge in [-0.05, 0) is 80.2 Å². The van der Waals surface area contributed by atoms with Gasteiger partial charge in [-0.1, -0.05) is 62.4 Å². The molecule has 1 N–H and O–H groups in total. The molecule has 1 saturated heterocycles. The molecular weight excluding hydrogens is 430 g/mol. The number of aromatic nitrogens is 1. The van der Waals surface area contributed by atoms with Crippen molar-refractivity contribution in [2.75, 3.05) is 18.4 Å². The number of aryl methyl sites for hydroxylation is 1. The zero-order valence-electron chi connectivity index (χ0n) is 21.0. The zero-order chi connectivity index (χ0) is 24.4. The molecule has 4 aromatic rings. The number of carbonyl (C=O) groups excluding carboxylic acids is 1. The number of para-hydroxylation sites is 2. The molecule has 1 aromatic heterocycles. The molecule has 3 aromatic carbocycles. The average Bonchev–Trinajstić information content (AvgIpc) is 3.22. The summed E-state index contributed by atoms with van der Waals surface area (Å²) in [6.07, 6.45) is 2.26. The average molecular weight is 466 g/mol. The van der Waals surface area contributed by atoms with Crippen molar-refractivity contribution < 1.29 is 4.79 Å². The van der Waals surface area contributed by atoms with Crippen molar-refractivity contribution in [2.45, 2.75) is 46.1 Å². The van der Waals surface area contributed by atoms with Gasteiger partial charge in [-0.15, -0.1) is 0 Å². The minimum absolute atomic E-state index is 0.0165. The van der Waals surface area contributed by atoms with Crippen molar-refractivity contribution in [2.24, 2.45) is 5.92 Å². The van der Waals surface area contributed by atoms with Crippen LogP contribution in [0.5, 0.6) is 0 Å². The molecule has 0 spiro atoms. The van der Waals surface area contributed by atoms with E-state index in [1.165, 1.54) is 33.4 Å². The normalized spacial score (nSPS) is 15.1. The van der Waals surface area contributed by atoms with E-state index in [-0.39, 0.29) is 11.8 Å². The molecule has 1 amide bonds. The maximum absolute atomic E-state index is 12.1. The van der Waals surface area contributed by atoms with Crippen LogP contribution in [0.1, 0.15) is 49.4 Å². The second-order valence-electron chi connectivity index (χ2n) is 10.1. The van der Waals surface area contributed by atoms with Gasteiger partial charge >= 0.3 is 0 Å².